The van der Waals surface area contributed by atoms with Crippen molar-refractivity contribution in [1.82, 2.24) is 9.38 Å². The lowest BCUT2D eigenvalue weighted by atomic mass is 9.87. The lowest BCUT2D eigenvalue weighted by molar-refractivity contribution is 0.438. The molecule has 0 N–H and O–H groups in total. The molecular weight excluding hydrogens is 228 g/mol. The van der Waals surface area contributed by atoms with E-state index < -0.39 is 0 Å². The van der Waals surface area contributed by atoms with Crippen molar-refractivity contribution < 1.29 is 0 Å². The van der Waals surface area contributed by atoms with Gasteiger partial charge in [0.15, 0.2) is 4.96 Å². The smallest absolute Gasteiger partial charge is 0.194 e. The fraction of sp³-hybridized carbons (Fsp3) is 0.643. The van der Waals surface area contributed by atoms with Gasteiger partial charge in [-0.05, 0) is 32.1 Å². The van der Waals surface area contributed by atoms with Crippen LogP contribution in [0.15, 0.2) is 6.20 Å². The van der Waals surface area contributed by atoms with E-state index in [0.717, 1.165) is 5.92 Å². The molecule has 1 saturated carbocycles. The van der Waals surface area contributed by atoms with E-state index in [2.05, 4.69) is 10.6 Å². The lowest BCUT2D eigenvalue weighted by Crippen LogP contribution is -2.04. The minimum Gasteiger partial charge on any atom is -0.294 e. The third-order valence-corrected chi connectivity index (χ3v) is 5.52. The van der Waals surface area contributed by atoms with E-state index >= 15 is 0 Å². The van der Waals surface area contributed by atoms with Gasteiger partial charge in [0.05, 0.1) is 5.69 Å². The normalized spacial score (nSPS) is 21.2. The standard InChI is InChI=1S/C14H18N2S/c1-2-5-10(6-3-1)11-9-16-12-7-4-8-13(12)17-14(16)15-11/h9-10H,1-8H2. The third kappa shape index (κ3) is 1.55. The summed E-state index contributed by atoms with van der Waals surface area (Å²) in [6.45, 7) is 0. The third-order valence-electron chi connectivity index (χ3n) is 4.36. The van der Waals surface area contributed by atoms with E-state index in [-0.39, 0.29) is 0 Å². The number of aromatic nitrogens is 2. The largest absolute Gasteiger partial charge is 0.294 e. The van der Waals surface area contributed by atoms with Crippen LogP contribution in [0.1, 0.15) is 60.7 Å². The maximum Gasteiger partial charge on any atom is 0.194 e. The Morgan fingerprint density at radius 2 is 2.00 bits per heavy atom. The van der Waals surface area contributed by atoms with Gasteiger partial charge in [-0.3, -0.25) is 4.40 Å². The molecule has 0 unspecified atom stereocenters. The Hall–Kier alpha value is -0.830. The molecule has 2 aliphatic carbocycles. The lowest BCUT2D eigenvalue weighted by Gasteiger charge is -2.19. The molecule has 4 rings (SSSR count). The van der Waals surface area contributed by atoms with Crippen LogP contribution in [0.3, 0.4) is 0 Å². The van der Waals surface area contributed by atoms with Gasteiger partial charge in [0.1, 0.15) is 0 Å². The minimum absolute atomic E-state index is 0.743. The molecule has 2 aromatic rings. The summed E-state index contributed by atoms with van der Waals surface area (Å²) in [7, 11) is 0. The van der Waals surface area contributed by atoms with E-state index in [1.807, 2.05) is 11.3 Å². The first-order valence-electron chi connectivity index (χ1n) is 6.91. The fourth-order valence-corrected chi connectivity index (χ4v) is 4.61. The number of aryl methyl sites for hydroxylation is 2. The Labute approximate surface area is 106 Å². The topological polar surface area (TPSA) is 17.3 Å². The van der Waals surface area contributed by atoms with E-state index in [1.165, 1.54) is 62.0 Å². The van der Waals surface area contributed by atoms with Crippen molar-refractivity contribution in [1.29, 1.82) is 0 Å². The molecule has 0 aliphatic heterocycles. The summed E-state index contributed by atoms with van der Waals surface area (Å²) in [6.07, 6.45) is 13.1. The Balaban J connectivity index is 1.74. The van der Waals surface area contributed by atoms with Crippen molar-refractivity contribution in [3.63, 3.8) is 0 Å². The average molecular weight is 246 g/mol. The van der Waals surface area contributed by atoms with Crippen molar-refractivity contribution in [2.24, 2.45) is 0 Å². The second-order valence-electron chi connectivity index (χ2n) is 5.48. The molecule has 17 heavy (non-hydrogen) atoms. The van der Waals surface area contributed by atoms with Crippen LogP contribution in [-0.2, 0) is 12.8 Å². The van der Waals surface area contributed by atoms with Crippen LogP contribution in [0.25, 0.3) is 4.96 Å². The molecule has 0 radical (unpaired) electrons. The van der Waals surface area contributed by atoms with Gasteiger partial charge in [-0.2, -0.15) is 0 Å². The van der Waals surface area contributed by atoms with Gasteiger partial charge in [0.25, 0.3) is 0 Å². The first kappa shape index (κ1) is 10.1. The van der Waals surface area contributed by atoms with Crippen molar-refractivity contribution in [2.75, 3.05) is 0 Å². The number of hydrogen-bond acceptors (Lipinski definition) is 2. The van der Waals surface area contributed by atoms with E-state index in [4.69, 9.17) is 4.98 Å². The van der Waals surface area contributed by atoms with Crippen molar-refractivity contribution in [3.8, 4) is 0 Å². The second-order valence-corrected chi connectivity index (χ2v) is 6.54. The van der Waals surface area contributed by atoms with Gasteiger partial charge >= 0.3 is 0 Å². The first-order valence-corrected chi connectivity index (χ1v) is 7.73. The zero-order chi connectivity index (χ0) is 11.2. The molecule has 0 aromatic carbocycles. The van der Waals surface area contributed by atoms with Crippen molar-refractivity contribution in [2.45, 2.75) is 57.3 Å². The van der Waals surface area contributed by atoms with Crippen LogP contribution in [0, 0.1) is 0 Å². The highest BCUT2D eigenvalue weighted by atomic mass is 32.1. The van der Waals surface area contributed by atoms with Gasteiger partial charge < -0.3 is 0 Å². The highest BCUT2D eigenvalue weighted by molar-refractivity contribution is 7.17. The van der Waals surface area contributed by atoms with Crippen LogP contribution < -0.4 is 0 Å². The van der Waals surface area contributed by atoms with Gasteiger partial charge in [-0.15, -0.1) is 11.3 Å². The van der Waals surface area contributed by atoms with Gasteiger partial charge in [-0.1, -0.05) is 19.3 Å². The number of hydrogen-bond donors (Lipinski definition) is 0. The quantitative estimate of drug-likeness (QED) is 0.745. The Bertz CT molecular complexity index is 546. The minimum atomic E-state index is 0.743. The average Bonchev–Trinajstić information content (AvgIpc) is 3.00. The van der Waals surface area contributed by atoms with Crippen molar-refractivity contribution >= 4 is 16.3 Å². The van der Waals surface area contributed by atoms with Gasteiger partial charge in [0, 0.05) is 22.7 Å². The molecule has 90 valence electrons. The zero-order valence-electron chi connectivity index (χ0n) is 10.1. The highest BCUT2D eigenvalue weighted by Gasteiger charge is 2.23. The van der Waals surface area contributed by atoms with Crippen LogP contribution in [0.2, 0.25) is 0 Å². The summed E-state index contributed by atoms with van der Waals surface area (Å²) in [4.78, 5) is 7.71. The zero-order valence-corrected chi connectivity index (χ0v) is 10.9. The summed E-state index contributed by atoms with van der Waals surface area (Å²) in [5.74, 6) is 0.743. The summed E-state index contributed by atoms with van der Waals surface area (Å²) < 4.78 is 2.39. The number of rotatable bonds is 1. The van der Waals surface area contributed by atoms with Crippen LogP contribution in [0.5, 0.6) is 0 Å². The fourth-order valence-electron chi connectivity index (χ4n) is 3.42. The maximum absolute atomic E-state index is 4.88. The molecule has 0 spiro atoms. The molecule has 3 heteroatoms. The molecule has 2 heterocycles. The molecule has 2 aliphatic rings. The molecule has 0 amide bonds. The molecule has 0 bridgehead atoms. The highest BCUT2D eigenvalue weighted by Crippen LogP contribution is 2.36. The molecule has 0 atom stereocenters. The molecule has 2 nitrogen and oxygen atoms in total. The predicted octanol–water partition coefficient (Wildman–Crippen LogP) is 3.93. The Morgan fingerprint density at radius 1 is 1.12 bits per heavy atom. The van der Waals surface area contributed by atoms with E-state index in [1.54, 1.807) is 10.6 Å². The summed E-state index contributed by atoms with van der Waals surface area (Å²) >= 11 is 1.92. The summed E-state index contributed by atoms with van der Waals surface area (Å²) in [6, 6.07) is 0. The van der Waals surface area contributed by atoms with Crippen LogP contribution in [-0.4, -0.2) is 9.38 Å². The summed E-state index contributed by atoms with van der Waals surface area (Å²) in [5, 5.41) is 0. The van der Waals surface area contributed by atoms with Crippen LogP contribution >= 0.6 is 11.3 Å². The van der Waals surface area contributed by atoms with E-state index in [9.17, 15) is 0 Å². The SMILES string of the molecule is c1c(C2CCCCC2)nc2sc3c(n12)CCC3. The van der Waals surface area contributed by atoms with Gasteiger partial charge in [0.2, 0.25) is 0 Å². The summed E-state index contributed by atoms with van der Waals surface area (Å²) in [5.41, 5.74) is 2.92. The second kappa shape index (κ2) is 3.84. The number of nitrogens with zero attached hydrogens (tertiary/aromatic N) is 2. The van der Waals surface area contributed by atoms with Gasteiger partial charge in [-0.25, -0.2) is 4.98 Å². The number of thiazole rings is 1. The Morgan fingerprint density at radius 3 is 2.88 bits per heavy atom. The van der Waals surface area contributed by atoms with Crippen LogP contribution in [0.4, 0.5) is 0 Å². The monoisotopic (exact) mass is 246 g/mol. The Kier molecular flexibility index (Phi) is 2.29. The van der Waals surface area contributed by atoms with E-state index in [0.29, 0.717) is 0 Å². The number of imidazole rings is 1. The molecule has 0 saturated heterocycles. The maximum atomic E-state index is 4.88. The number of fused-ring (bicyclic) bond motifs is 3. The predicted molar refractivity (Wildman–Crippen MR) is 70.9 cm³/mol. The van der Waals surface area contributed by atoms with Crippen molar-refractivity contribution in [3.05, 3.63) is 22.5 Å². The molecular formula is C14H18N2S. The first-order chi connectivity index (χ1) is 8.42. The molecule has 2 aromatic heterocycles. The molecule has 1 fully saturated rings.